The largest absolute Gasteiger partial charge is 0.285 e. The summed E-state index contributed by atoms with van der Waals surface area (Å²) < 4.78 is 0.0208. The maximum atomic E-state index is 10.5. The van der Waals surface area contributed by atoms with Crippen LogP contribution in [0.1, 0.15) is 13.8 Å². The molecule has 0 fully saturated rings. The molecule has 0 bridgehead atoms. The first-order valence-electron chi connectivity index (χ1n) is 2.39. The predicted octanol–water partition coefficient (Wildman–Crippen LogP) is 2.33. The molecule has 0 radical (unpaired) electrons. The number of alkyl halides is 1. The number of halogens is 2. The minimum atomic E-state index is -0.0394. The Balaban J connectivity index is 3.64. The molecule has 0 aromatic carbocycles. The second kappa shape index (κ2) is 3.62. The summed E-state index contributed by atoms with van der Waals surface area (Å²) in [6.45, 7) is 3.97. The second-order valence-electron chi connectivity index (χ2n) is 1.95. The normalized spacial score (nSPS) is 14.1. The van der Waals surface area contributed by atoms with Crippen molar-refractivity contribution in [1.29, 1.82) is 0 Å². The zero-order chi connectivity index (χ0) is 6.73. The molecule has 0 saturated heterocycles. The van der Waals surface area contributed by atoms with Gasteiger partial charge in [-0.15, -0.1) is 0 Å². The van der Waals surface area contributed by atoms with Crippen LogP contribution < -0.4 is 0 Å². The maximum Gasteiger partial charge on any atom is 0.211 e. The fourth-order valence-electron chi connectivity index (χ4n) is 0.262. The fraction of sp³-hybridized carbons (Fsp3) is 0.800. The molecule has 0 aliphatic rings. The molecule has 0 rings (SSSR count). The summed E-state index contributed by atoms with van der Waals surface area (Å²) in [5.41, 5.74) is 0. The number of rotatable bonds is 2. The van der Waals surface area contributed by atoms with E-state index in [9.17, 15) is 4.79 Å². The van der Waals surface area contributed by atoms with Gasteiger partial charge in [0.25, 0.3) is 0 Å². The van der Waals surface area contributed by atoms with Crippen LogP contribution in [0.3, 0.4) is 0 Å². The summed E-state index contributed by atoms with van der Waals surface area (Å²) in [7, 11) is 0. The molecule has 8 heavy (non-hydrogen) atoms. The third kappa shape index (κ3) is 2.82. The number of hydrogen-bond acceptors (Lipinski definition) is 1. The van der Waals surface area contributed by atoms with Crippen molar-refractivity contribution in [3.05, 3.63) is 0 Å². The highest BCUT2D eigenvalue weighted by atomic mass is 79.9. The van der Waals surface area contributed by atoms with Gasteiger partial charge in [0, 0.05) is 0 Å². The zero-order valence-electron chi connectivity index (χ0n) is 4.82. The number of carbonyl (C=O) groups excluding carboxylic acids is 1. The minimum Gasteiger partial charge on any atom is -0.285 e. The van der Waals surface area contributed by atoms with Gasteiger partial charge in [0.15, 0.2) is 0 Å². The molecule has 0 aliphatic carbocycles. The van der Waals surface area contributed by atoms with Crippen molar-refractivity contribution in [2.24, 2.45) is 5.92 Å². The molecular formula is C5H8Br2O. The third-order valence-corrected chi connectivity index (χ3v) is 3.38. The number of carbonyl (C=O) groups is 1. The molecule has 0 aromatic heterocycles. The van der Waals surface area contributed by atoms with E-state index < -0.39 is 0 Å². The van der Waals surface area contributed by atoms with Gasteiger partial charge in [-0.1, -0.05) is 29.8 Å². The first-order chi connectivity index (χ1) is 3.55. The van der Waals surface area contributed by atoms with Crippen molar-refractivity contribution < 1.29 is 4.79 Å². The number of hydrogen-bond donors (Lipinski definition) is 0. The van der Waals surface area contributed by atoms with Gasteiger partial charge < -0.3 is 0 Å². The zero-order valence-corrected chi connectivity index (χ0v) is 7.99. The molecular weight excluding hydrogens is 236 g/mol. The fourth-order valence-corrected chi connectivity index (χ4v) is 0.791. The van der Waals surface area contributed by atoms with Gasteiger partial charge in [-0.3, -0.25) is 4.79 Å². The molecule has 0 amide bonds. The lowest BCUT2D eigenvalue weighted by Gasteiger charge is -2.06. The minimum absolute atomic E-state index is 0.0208. The molecule has 0 spiro atoms. The lowest BCUT2D eigenvalue weighted by Crippen LogP contribution is -2.13. The van der Waals surface area contributed by atoms with Crippen LogP contribution in [0.15, 0.2) is 0 Å². The van der Waals surface area contributed by atoms with E-state index in [0.717, 1.165) is 0 Å². The van der Waals surface area contributed by atoms with Crippen molar-refractivity contribution in [1.82, 2.24) is 0 Å². The summed E-state index contributed by atoms with van der Waals surface area (Å²) in [5, 5.41) is 0. The van der Waals surface area contributed by atoms with E-state index in [-0.39, 0.29) is 9.52 Å². The van der Waals surface area contributed by atoms with Crippen LogP contribution in [-0.4, -0.2) is 9.52 Å². The Hall–Kier alpha value is 0.630. The molecule has 0 unspecified atom stereocenters. The maximum absolute atomic E-state index is 10.5. The van der Waals surface area contributed by atoms with Gasteiger partial charge in [0.1, 0.15) is 0 Å². The standard InChI is InChI=1S/C5H8Br2O/c1-3(2)4(6)5(7)8/h3-4H,1-2H3/t4-/m1/s1. The lowest BCUT2D eigenvalue weighted by molar-refractivity contribution is -0.110. The highest BCUT2D eigenvalue weighted by Crippen LogP contribution is 2.15. The van der Waals surface area contributed by atoms with Gasteiger partial charge in [0.05, 0.1) is 4.83 Å². The molecule has 0 heterocycles. The Morgan fingerprint density at radius 2 is 1.88 bits per heavy atom. The van der Waals surface area contributed by atoms with Crippen LogP contribution in [0.25, 0.3) is 0 Å². The molecule has 48 valence electrons. The van der Waals surface area contributed by atoms with Gasteiger partial charge >= 0.3 is 0 Å². The van der Waals surface area contributed by atoms with Crippen LogP contribution in [-0.2, 0) is 4.79 Å². The molecule has 3 heteroatoms. The van der Waals surface area contributed by atoms with Gasteiger partial charge in [-0.25, -0.2) is 0 Å². The molecule has 0 aliphatic heterocycles. The van der Waals surface area contributed by atoms with Crippen LogP contribution >= 0.6 is 31.9 Å². The van der Waals surface area contributed by atoms with Crippen molar-refractivity contribution in [2.75, 3.05) is 0 Å². The molecule has 1 atom stereocenters. The van der Waals surface area contributed by atoms with Crippen LogP contribution in [0.2, 0.25) is 0 Å². The first-order valence-corrected chi connectivity index (χ1v) is 4.10. The third-order valence-electron chi connectivity index (χ3n) is 0.802. The molecule has 0 saturated carbocycles. The van der Waals surface area contributed by atoms with E-state index in [2.05, 4.69) is 31.9 Å². The monoisotopic (exact) mass is 242 g/mol. The van der Waals surface area contributed by atoms with Gasteiger partial charge in [-0.2, -0.15) is 0 Å². The topological polar surface area (TPSA) is 17.1 Å². The van der Waals surface area contributed by atoms with Crippen LogP contribution in [0.4, 0.5) is 0 Å². The van der Waals surface area contributed by atoms with E-state index in [1.54, 1.807) is 0 Å². The highest BCUT2D eigenvalue weighted by molar-refractivity contribution is 9.20. The Morgan fingerprint density at radius 1 is 1.50 bits per heavy atom. The van der Waals surface area contributed by atoms with E-state index in [1.807, 2.05) is 13.8 Å². The molecule has 0 N–H and O–H groups in total. The summed E-state index contributed by atoms with van der Waals surface area (Å²) in [4.78, 5) is 10.4. The quantitative estimate of drug-likeness (QED) is 0.538. The van der Waals surface area contributed by atoms with Crippen LogP contribution in [0, 0.1) is 5.92 Å². The summed E-state index contributed by atoms with van der Waals surface area (Å²) >= 11 is 6.06. The Morgan fingerprint density at radius 3 is 1.88 bits per heavy atom. The average Bonchev–Trinajstić information content (AvgIpc) is 1.64. The van der Waals surface area contributed by atoms with Crippen molar-refractivity contribution in [2.45, 2.75) is 18.7 Å². The smallest absolute Gasteiger partial charge is 0.211 e. The lowest BCUT2D eigenvalue weighted by atomic mass is 10.2. The Bertz CT molecular complexity index is 90.4. The van der Waals surface area contributed by atoms with Gasteiger partial charge in [0.2, 0.25) is 4.69 Å². The van der Waals surface area contributed by atoms with Gasteiger partial charge in [-0.05, 0) is 21.8 Å². The van der Waals surface area contributed by atoms with E-state index >= 15 is 0 Å². The average molecular weight is 244 g/mol. The summed E-state index contributed by atoms with van der Waals surface area (Å²) in [5.74, 6) is 0.363. The van der Waals surface area contributed by atoms with E-state index in [0.29, 0.717) is 5.92 Å². The van der Waals surface area contributed by atoms with Crippen molar-refractivity contribution in [3.63, 3.8) is 0 Å². The SMILES string of the molecule is CC(C)[C@@H](Br)C(=O)Br. The first kappa shape index (κ1) is 8.63. The highest BCUT2D eigenvalue weighted by Gasteiger charge is 2.14. The van der Waals surface area contributed by atoms with E-state index in [1.165, 1.54) is 0 Å². The summed E-state index contributed by atoms with van der Waals surface area (Å²) in [6, 6.07) is 0. The van der Waals surface area contributed by atoms with Crippen molar-refractivity contribution in [3.8, 4) is 0 Å². The van der Waals surface area contributed by atoms with E-state index in [4.69, 9.17) is 0 Å². The second-order valence-corrected chi connectivity index (χ2v) is 3.72. The molecule has 1 nitrogen and oxygen atoms in total. The van der Waals surface area contributed by atoms with Crippen molar-refractivity contribution >= 4 is 36.6 Å². The molecule has 0 aromatic rings. The summed E-state index contributed by atoms with van der Waals surface area (Å²) in [6.07, 6.45) is 0. The Labute approximate surface area is 66.1 Å². The van der Waals surface area contributed by atoms with Crippen LogP contribution in [0.5, 0.6) is 0 Å². The Kier molecular flexibility index (Phi) is 3.90. The predicted molar refractivity (Wildman–Crippen MR) is 41.5 cm³/mol.